The van der Waals surface area contributed by atoms with Gasteiger partial charge in [0.1, 0.15) is 12.4 Å². The second kappa shape index (κ2) is 7.64. The lowest BCUT2D eigenvalue weighted by Crippen LogP contribution is -2.15. The number of carbonyl (C=O) groups excluding carboxylic acids is 1. The average molecular weight is 377 g/mol. The summed E-state index contributed by atoms with van der Waals surface area (Å²) in [4.78, 5) is 12.3. The van der Waals surface area contributed by atoms with E-state index in [1.807, 2.05) is 52.0 Å². The molecule has 23 heavy (non-hydrogen) atoms. The molecule has 0 fully saturated rings. The van der Waals surface area contributed by atoms with E-state index in [1.165, 1.54) is 5.56 Å². The molecular formula is C19H21BrO3. The number of halogens is 1. The molecule has 122 valence electrons. The molecule has 0 saturated carbocycles. The standard InChI is InChI=1S/C19H21BrO3/c1-12(2)23-19(21)15-6-5-7-17(20)16(15)11-22-18-9-8-13(3)10-14(18)4/h5-10,12H,11H2,1-4H3. The Morgan fingerprint density at radius 1 is 1.17 bits per heavy atom. The Morgan fingerprint density at radius 3 is 2.57 bits per heavy atom. The minimum absolute atomic E-state index is 0.158. The van der Waals surface area contributed by atoms with Gasteiger partial charge in [0.15, 0.2) is 0 Å². The Bertz CT molecular complexity index is 708. The SMILES string of the molecule is Cc1ccc(OCc2c(Br)cccc2C(=O)OC(C)C)c(C)c1. The van der Waals surface area contributed by atoms with Crippen LogP contribution in [-0.2, 0) is 11.3 Å². The highest BCUT2D eigenvalue weighted by Crippen LogP contribution is 2.25. The van der Waals surface area contributed by atoms with Gasteiger partial charge in [-0.15, -0.1) is 0 Å². The topological polar surface area (TPSA) is 35.5 Å². The summed E-state index contributed by atoms with van der Waals surface area (Å²) in [5, 5.41) is 0. The van der Waals surface area contributed by atoms with Gasteiger partial charge in [-0.3, -0.25) is 0 Å². The van der Waals surface area contributed by atoms with E-state index in [-0.39, 0.29) is 12.1 Å². The van der Waals surface area contributed by atoms with Gasteiger partial charge in [0, 0.05) is 10.0 Å². The highest BCUT2D eigenvalue weighted by molar-refractivity contribution is 9.10. The molecule has 0 amide bonds. The third-order valence-corrected chi connectivity index (χ3v) is 4.13. The molecule has 0 spiro atoms. The van der Waals surface area contributed by atoms with E-state index in [9.17, 15) is 4.79 Å². The Morgan fingerprint density at radius 2 is 1.91 bits per heavy atom. The van der Waals surface area contributed by atoms with Crippen molar-refractivity contribution < 1.29 is 14.3 Å². The van der Waals surface area contributed by atoms with E-state index in [1.54, 1.807) is 6.07 Å². The van der Waals surface area contributed by atoms with Gasteiger partial charge in [0.25, 0.3) is 0 Å². The molecule has 0 heterocycles. The van der Waals surface area contributed by atoms with Crippen LogP contribution in [0.5, 0.6) is 5.75 Å². The van der Waals surface area contributed by atoms with Gasteiger partial charge in [-0.2, -0.15) is 0 Å². The molecule has 2 aromatic rings. The molecule has 0 aliphatic carbocycles. The summed E-state index contributed by atoms with van der Waals surface area (Å²) in [6, 6.07) is 11.5. The minimum Gasteiger partial charge on any atom is -0.489 e. The largest absolute Gasteiger partial charge is 0.489 e. The van der Waals surface area contributed by atoms with Gasteiger partial charge < -0.3 is 9.47 Å². The summed E-state index contributed by atoms with van der Waals surface area (Å²) >= 11 is 3.50. The van der Waals surface area contributed by atoms with Crippen molar-refractivity contribution >= 4 is 21.9 Å². The maximum atomic E-state index is 12.3. The molecule has 0 unspecified atom stereocenters. The molecule has 0 aliphatic heterocycles. The lowest BCUT2D eigenvalue weighted by Gasteiger charge is -2.15. The van der Waals surface area contributed by atoms with Crippen molar-refractivity contribution in [2.75, 3.05) is 0 Å². The molecule has 0 aliphatic rings. The van der Waals surface area contributed by atoms with E-state index in [0.29, 0.717) is 12.2 Å². The highest BCUT2D eigenvalue weighted by atomic mass is 79.9. The summed E-state index contributed by atoms with van der Waals surface area (Å²) in [5.41, 5.74) is 3.58. The van der Waals surface area contributed by atoms with E-state index in [2.05, 4.69) is 22.0 Å². The fourth-order valence-electron chi connectivity index (χ4n) is 2.29. The molecule has 0 N–H and O–H groups in total. The number of hydrogen-bond donors (Lipinski definition) is 0. The molecule has 2 aromatic carbocycles. The predicted octanol–water partition coefficient (Wildman–Crippen LogP) is 5.21. The minimum atomic E-state index is -0.333. The first-order chi connectivity index (χ1) is 10.9. The third kappa shape index (κ3) is 4.58. The van der Waals surface area contributed by atoms with Crippen LogP contribution in [0.2, 0.25) is 0 Å². The van der Waals surface area contributed by atoms with Crippen molar-refractivity contribution in [2.24, 2.45) is 0 Å². The van der Waals surface area contributed by atoms with E-state index in [0.717, 1.165) is 21.3 Å². The first kappa shape index (κ1) is 17.5. The van der Waals surface area contributed by atoms with E-state index in [4.69, 9.17) is 9.47 Å². The van der Waals surface area contributed by atoms with Crippen LogP contribution in [0, 0.1) is 13.8 Å². The average Bonchev–Trinajstić information content (AvgIpc) is 2.46. The van der Waals surface area contributed by atoms with Crippen LogP contribution in [0.4, 0.5) is 0 Å². The summed E-state index contributed by atoms with van der Waals surface area (Å²) in [6.45, 7) is 8.03. The van der Waals surface area contributed by atoms with E-state index < -0.39 is 0 Å². The van der Waals surface area contributed by atoms with Crippen molar-refractivity contribution in [3.05, 3.63) is 63.1 Å². The first-order valence-electron chi connectivity index (χ1n) is 7.57. The molecular weight excluding hydrogens is 356 g/mol. The molecule has 2 rings (SSSR count). The number of hydrogen-bond acceptors (Lipinski definition) is 3. The Kier molecular flexibility index (Phi) is 5.83. The number of rotatable bonds is 5. The van der Waals surface area contributed by atoms with Crippen LogP contribution in [0.25, 0.3) is 0 Å². The van der Waals surface area contributed by atoms with Gasteiger partial charge in [0.2, 0.25) is 0 Å². The smallest absolute Gasteiger partial charge is 0.338 e. The number of aryl methyl sites for hydroxylation is 2. The molecule has 4 heteroatoms. The van der Waals surface area contributed by atoms with Crippen molar-refractivity contribution in [1.29, 1.82) is 0 Å². The number of carbonyl (C=O) groups is 1. The Labute approximate surface area is 145 Å². The second-order valence-electron chi connectivity index (χ2n) is 5.78. The molecule has 0 aromatic heterocycles. The fourth-order valence-corrected chi connectivity index (χ4v) is 2.77. The van der Waals surface area contributed by atoms with Crippen molar-refractivity contribution in [1.82, 2.24) is 0 Å². The van der Waals surface area contributed by atoms with E-state index >= 15 is 0 Å². The first-order valence-corrected chi connectivity index (χ1v) is 8.36. The van der Waals surface area contributed by atoms with Crippen molar-refractivity contribution in [3.8, 4) is 5.75 Å². The zero-order chi connectivity index (χ0) is 17.0. The van der Waals surface area contributed by atoms with Crippen LogP contribution in [0.15, 0.2) is 40.9 Å². The second-order valence-corrected chi connectivity index (χ2v) is 6.63. The van der Waals surface area contributed by atoms with Crippen LogP contribution < -0.4 is 4.74 Å². The molecule has 0 atom stereocenters. The molecule has 0 saturated heterocycles. The summed E-state index contributed by atoms with van der Waals surface area (Å²) < 4.78 is 12.1. The van der Waals surface area contributed by atoms with Crippen molar-refractivity contribution in [2.45, 2.75) is 40.4 Å². The lowest BCUT2D eigenvalue weighted by molar-refractivity contribution is 0.0375. The third-order valence-electron chi connectivity index (χ3n) is 3.38. The van der Waals surface area contributed by atoms with Gasteiger partial charge >= 0.3 is 5.97 Å². The monoisotopic (exact) mass is 376 g/mol. The van der Waals surface area contributed by atoms with Gasteiger partial charge in [-0.25, -0.2) is 4.79 Å². The van der Waals surface area contributed by atoms with Crippen LogP contribution in [-0.4, -0.2) is 12.1 Å². The maximum Gasteiger partial charge on any atom is 0.338 e. The quantitative estimate of drug-likeness (QED) is 0.671. The Balaban J connectivity index is 2.23. The highest BCUT2D eigenvalue weighted by Gasteiger charge is 2.17. The number of ether oxygens (including phenoxy) is 2. The van der Waals surface area contributed by atoms with Gasteiger partial charge in [0.05, 0.1) is 11.7 Å². The maximum absolute atomic E-state index is 12.3. The van der Waals surface area contributed by atoms with Gasteiger partial charge in [-0.1, -0.05) is 39.7 Å². The molecule has 0 bridgehead atoms. The predicted molar refractivity (Wildman–Crippen MR) is 94.9 cm³/mol. The number of esters is 1. The van der Waals surface area contributed by atoms with Crippen LogP contribution >= 0.6 is 15.9 Å². The normalized spacial score (nSPS) is 10.7. The van der Waals surface area contributed by atoms with Crippen molar-refractivity contribution in [3.63, 3.8) is 0 Å². The summed E-state index contributed by atoms with van der Waals surface area (Å²) in [6.07, 6.45) is -0.158. The van der Waals surface area contributed by atoms with Crippen LogP contribution in [0.3, 0.4) is 0 Å². The number of benzene rings is 2. The molecule has 3 nitrogen and oxygen atoms in total. The van der Waals surface area contributed by atoms with Crippen LogP contribution in [0.1, 0.15) is 40.9 Å². The zero-order valence-electron chi connectivity index (χ0n) is 13.9. The fraction of sp³-hybridized carbons (Fsp3) is 0.316. The zero-order valence-corrected chi connectivity index (χ0v) is 15.4. The summed E-state index contributed by atoms with van der Waals surface area (Å²) in [7, 11) is 0. The van der Waals surface area contributed by atoms with Gasteiger partial charge in [-0.05, 0) is 51.5 Å². The lowest BCUT2D eigenvalue weighted by atomic mass is 10.1. The summed E-state index contributed by atoms with van der Waals surface area (Å²) in [5.74, 6) is 0.482. The Hall–Kier alpha value is -1.81. The molecule has 0 radical (unpaired) electrons.